The van der Waals surface area contributed by atoms with Gasteiger partial charge in [-0.05, 0) is 0 Å². The van der Waals surface area contributed by atoms with Gasteiger partial charge in [0.1, 0.15) is 0 Å². The summed E-state index contributed by atoms with van der Waals surface area (Å²) in [6.45, 7) is 2.40. The molecule has 3 N–H and O–H groups in total. The molecule has 2 rings (SSSR count). The van der Waals surface area contributed by atoms with Gasteiger partial charge < -0.3 is 11.1 Å². The van der Waals surface area contributed by atoms with E-state index in [1.165, 1.54) is 11.3 Å². The van der Waals surface area contributed by atoms with Gasteiger partial charge in [-0.3, -0.25) is 0 Å². The lowest BCUT2D eigenvalue weighted by Crippen LogP contribution is -2.13. The maximum Gasteiger partial charge on any atom is 0.168 e. The van der Waals surface area contributed by atoms with Crippen LogP contribution in [-0.4, -0.2) is 16.5 Å². The number of nitrogens with zero attached hydrogens (tertiary/aromatic N) is 2. The largest absolute Gasteiger partial charge is 0.381 e. The molecule has 0 aliphatic carbocycles. The van der Waals surface area contributed by atoms with Crippen molar-refractivity contribution in [1.82, 2.24) is 9.97 Å². The average Bonchev–Trinajstić information content (AvgIpc) is 2.85. The van der Waals surface area contributed by atoms with Crippen LogP contribution < -0.4 is 11.1 Å². The Balaban J connectivity index is 2.04. The molecule has 0 aliphatic rings. The van der Waals surface area contributed by atoms with E-state index in [9.17, 15) is 8.78 Å². The van der Waals surface area contributed by atoms with Crippen molar-refractivity contribution >= 4 is 23.0 Å². The van der Waals surface area contributed by atoms with E-state index in [1.807, 2.05) is 12.3 Å². The van der Waals surface area contributed by atoms with Crippen LogP contribution in [-0.2, 0) is 0 Å². The monoisotopic (exact) mass is 270 g/mol. The van der Waals surface area contributed by atoms with Crippen LogP contribution in [0.2, 0.25) is 0 Å². The molecule has 0 aliphatic heterocycles. The van der Waals surface area contributed by atoms with Crippen molar-refractivity contribution in [2.24, 2.45) is 0 Å². The minimum atomic E-state index is -0.856. The van der Waals surface area contributed by atoms with Crippen LogP contribution in [0.4, 0.5) is 20.4 Å². The lowest BCUT2D eigenvalue weighted by molar-refractivity contribution is 0.579. The molecule has 7 heteroatoms. The zero-order chi connectivity index (χ0) is 13.1. The van der Waals surface area contributed by atoms with E-state index in [2.05, 4.69) is 15.3 Å². The third-order valence-corrected chi connectivity index (χ3v) is 3.41. The fourth-order valence-corrected chi connectivity index (χ4v) is 2.12. The van der Waals surface area contributed by atoms with Crippen LogP contribution in [0.25, 0.3) is 0 Å². The van der Waals surface area contributed by atoms with Crippen LogP contribution in [0.1, 0.15) is 17.8 Å². The highest BCUT2D eigenvalue weighted by Crippen LogP contribution is 2.20. The van der Waals surface area contributed by atoms with Crippen molar-refractivity contribution in [1.29, 1.82) is 0 Å². The summed E-state index contributed by atoms with van der Waals surface area (Å²) < 4.78 is 26.3. The van der Waals surface area contributed by atoms with Gasteiger partial charge in [0.15, 0.2) is 23.3 Å². The summed E-state index contributed by atoms with van der Waals surface area (Å²) in [5.74, 6) is -1.87. The first-order valence-corrected chi connectivity index (χ1v) is 6.20. The molecule has 0 aromatic carbocycles. The Labute approximate surface area is 107 Å². The van der Waals surface area contributed by atoms with Crippen molar-refractivity contribution in [3.63, 3.8) is 0 Å². The quantitative estimate of drug-likeness (QED) is 0.896. The number of thiazole rings is 1. The summed E-state index contributed by atoms with van der Waals surface area (Å²) in [6, 6.07) is 0.721. The van der Waals surface area contributed by atoms with Crippen LogP contribution >= 0.6 is 11.3 Å². The van der Waals surface area contributed by atoms with E-state index >= 15 is 0 Å². The van der Waals surface area contributed by atoms with Gasteiger partial charge in [0.25, 0.3) is 0 Å². The zero-order valence-corrected chi connectivity index (χ0v) is 10.5. The summed E-state index contributed by atoms with van der Waals surface area (Å²) in [4.78, 5) is 7.79. The van der Waals surface area contributed by atoms with Crippen molar-refractivity contribution < 1.29 is 8.78 Å². The molecule has 1 unspecified atom stereocenters. The number of nitrogens with two attached hydrogens (primary N) is 1. The highest BCUT2D eigenvalue weighted by molar-refractivity contribution is 7.09. The molecule has 1 atom stereocenters. The number of pyridine rings is 1. The van der Waals surface area contributed by atoms with E-state index < -0.39 is 11.6 Å². The normalized spacial score (nSPS) is 12.4. The van der Waals surface area contributed by atoms with Gasteiger partial charge in [0.2, 0.25) is 0 Å². The highest BCUT2D eigenvalue weighted by atomic mass is 32.1. The topological polar surface area (TPSA) is 63.8 Å². The minimum Gasteiger partial charge on any atom is -0.381 e. The van der Waals surface area contributed by atoms with Gasteiger partial charge in [-0.25, -0.2) is 18.7 Å². The van der Waals surface area contributed by atoms with Crippen molar-refractivity contribution in [3.05, 3.63) is 34.3 Å². The van der Waals surface area contributed by atoms with Crippen molar-refractivity contribution in [2.45, 2.75) is 12.8 Å². The first-order chi connectivity index (χ1) is 8.58. The molecular formula is C11H12F2N4S. The lowest BCUT2D eigenvalue weighted by Gasteiger charge is -2.11. The Bertz CT molecular complexity index is 530. The number of anilines is 2. The molecule has 0 saturated heterocycles. The lowest BCUT2D eigenvalue weighted by atomic mass is 10.2. The van der Waals surface area contributed by atoms with Gasteiger partial charge >= 0.3 is 0 Å². The molecule has 2 aromatic rings. The maximum absolute atomic E-state index is 13.4. The molecule has 0 radical (unpaired) electrons. The molecule has 0 spiro atoms. The first kappa shape index (κ1) is 12.7. The third-order valence-electron chi connectivity index (χ3n) is 2.41. The van der Waals surface area contributed by atoms with Crippen molar-refractivity contribution in [3.8, 4) is 0 Å². The number of hydrogen-bond donors (Lipinski definition) is 2. The highest BCUT2D eigenvalue weighted by Gasteiger charge is 2.12. The van der Waals surface area contributed by atoms with Gasteiger partial charge in [-0.15, -0.1) is 11.3 Å². The number of halogens is 2. The van der Waals surface area contributed by atoms with E-state index in [0.717, 1.165) is 11.1 Å². The van der Waals surface area contributed by atoms with E-state index in [1.54, 1.807) is 6.20 Å². The van der Waals surface area contributed by atoms with Crippen LogP contribution in [0.3, 0.4) is 0 Å². The number of aromatic nitrogens is 2. The number of rotatable bonds is 4. The molecule has 0 fully saturated rings. The van der Waals surface area contributed by atoms with E-state index in [0.29, 0.717) is 6.54 Å². The standard InChI is InChI=1S/C11H12F2N4S/c1-6(11-15-2-3-18-11)5-16-10-8(13)4-7(12)9(14)17-10/h2-4,6H,5H2,1H3,(H3,14,16,17). The predicted molar refractivity (Wildman–Crippen MR) is 67.6 cm³/mol. The molecule has 2 aromatic heterocycles. The minimum absolute atomic E-state index is 0.0442. The Morgan fingerprint density at radius 3 is 2.89 bits per heavy atom. The Morgan fingerprint density at radius 2 is 2.22 bits per heavy atom. The summed E-state index contributed by atoms with van der Waals surface area (Å²) in [6.07, 6.45) is 1.71. The average molecular weight is 270 g/mol. The smallest absolute Gasteiger partial charge is 0.168 e. The Morgan fingerprint density at radius 1 is 1.44 bits per heavy atom. The van der Waals surface area contributed by atoms with E-state index in [-0.39, 0.29) is 17.6 Å². The summed E-state index contributed by atoms with van der Waals surface area (Å²) in [5.41, 5.74) is 5.29. The van der Waals surface area contributed by atoms with E-state index in [4.69, 9.17) is 5.73 Å². The summed E-state index contributed by atoms with van der Waals surface area (Å²) in [7, 11) is 0. The number of hydrogen-bond acceptors (Lipinski definition) is 5. The van der Waals surface area contributed by atoms with Crippen molar-refractivity contribution in [2.75, 3.05) is 17.6 Å². The fraction of sp³-hybridized carbons (Fsp3) is 0.273. The van der Waals surface area contributed by atoms with Crippen LogP contribution in [0, 0.1) is 11.6 Å². The number of nitrogens with one attached hydrogen (secondary N) is 1. The van der Waals surface area contributed by atoms with Gasteiger partial charge in [0.05, 0.1) is 5.01 Å². The predicted octanol–water partition coefficient (Wildman–Crippen LogP) is 2.61. The zero-order valence-electron chi connectivity index (χ0n) is 9.65. The maximum atomic E-state index is 13.4. The second kappa shape index (κ2) is 5.26. The molecule has 18 heavy (non-hydrogen) atoms. The van der Waals surface area contributed by atoms with Crippen LogP contribution in [0.5, 0.6) is 0 Å². The molecule has 96 valence electrons. The second-order valence-corrected chi connectivity index (χ2v) is 4.76. The van der Waals surface area contributed by atoms with Crippen LogP contribution in [0.15, 0.2) is 17.6 Å². The summed E-state index contributed by atoms with van der Waals surface area (Å²) >= 11 is 1.53. The summed E-state index contributed by atoms with van der Waals surface area (Å²) in [5, 5.41) is 5.62. The Hall–Kier alpha value is -1.76. The first-order valence-electron chi connectivity index (χ1n) is 5.32. The molecule has 4 nitrogen and oxygen atoms in total. The fourth-order valence-electron chi connectivity index (χ4n) is 1.42. The molecule has 0 saturated carbocycles. The molecule has 0 amide bonds. The SMILES string of the molecule is CC(CNc1nc(N)c(F)cc1F)c1nccs1. The molecule has 2 heterocycles. The van der Waals surface area contributed by atoms with Gasteiger partial charge in [0, 0.05) is 30.1 Å². The van der Waals surface area contributed by atoms with Gasteiger partial charge in [-0.2, -0.15) is 0 Å². The molecule has 0 bridgehead atoms. The third kappa shape index (κ3) is 2.73. The molecular weight excluding hydrogens is 258 g/mol. The number of nitrogen functional groups attached to an aromatic ring is 1. The Kier molecular flexibility index (Phi) is 3.71. The second-order valence-electron chi connectivity index (χ2n) is 3.84. The van der Waals surface area contributed by atoms with Gasteiger partial charge in [-0.1, -0.05) is 6.92 Å².